The van der Waals surface area contributed by atoms with Crippen LogP contribution in [-0.4, -0.2) is 133 Å². The van der Waals surface area contributed by atoms with Crippen molar-refractivity contribution >= 4 is 40.9 Å². The van der Waals surface area contributed by atoms with Crippen LogP contribution in [0.1, 0.15) is 75.3 Å². The van der Waals surface area contributed by atoms with E-state index < -0.39 is 63.5 Å². The minimum atomic E-state index is -2.53. The molecule has 2 aromatic carbocycles. The highest BCUT2D eigenvalue weighted by Gasteiger charge is 2.81. The fourth-order valence-corrected chi connectivity index (χ4v) is 13.4. The summed E-state index contributed by atoms with van der Waals surface area (Å²) < 4.78 is 23.7. The van der Waals surface area contributed by atoms with Gasteiger partial charge in [0.2, 0.25) is 12.0 Å². The summed E-state index contributed by atoms with van der Waals surface area (Å²) in [6.45, 7) is 8.16. The number of rotatable bonds is 8. The van der Waals surface area contributed by atoms with Crippen molar-refractivity contribution in [3.63, 3.8) is 0 Å². The molecule has 9 rings (SSSR count). The Morgan fingerprint density at radius 3 is 2.42 bits per heavy atom. The lowest BCUT2D eigenvalue weighted by molar-refractivity contribution is -0.228. The molecular formula is C46H56N4O10. The Hall–Kier alpha value is -4.76. The number of H-pyrrole nitrogens is 1. The molecule has 0 radical (unpaired) electrons. The van der Waals surface area contributed by atoms with E-state index in [1.807, 2.05) is 50.3 Å². The van der Waals surface area contributed by atoms with Crippen molar-refractivity contribution in [3.8, 4) is 5.75 Å². The van der Waals surface area contributed by atoms with E-state index in [2.05, 4.69) is 20.9 Å². The van der Waals surface area contributed by atoms with E-state index in [4.69, 9.17) is 18.9 Å². The molecule has 14 nitrogen and oxygen atoms in total. The summed E-state index contributed by atoms with van der Waals surface area (Å²) in [5.41, 5.74) is -3.15. The number of amides is 1. The second-order valence-electron chi connectivity index (χ2n) is 18.1. The maximum absolute atomic E-state index is 15.3. The smallest absolute Gasteiger partial charge is 0.344 e. The molecule has 3 fully saturated rings. The quantitative estimate of drug-likeness (QED) is 0.131. The summed E-state index contributed by atoms with van der Waals surface area (Å²) >= 11 is 0. The van der Waals surface area contributed by atoms with Gasteiger partial charge in [0.25, 0.3) is 0 Å². The van der Waals surface area contributed by atoms with Gasteiger partial charge in [-0.05, 0) is 74.2 Å². The monoisotopic (exact) mass is 824 g/mol. The Labute approximate surface area is 349 Å². The standard InChI is InChI=1S/C46H56N4O10/c1-7-42(55)22-28-23-45(40(53)58-5,36-30(14-18-48(24-28)25-42)29-12-9-10-13-33(29)47-36)32-20-31-34(21-35(32)57-4)50(26-51)38-44(31)16-19-49-17-11-15-43(8-2,37(44)49)39(60-27(3)52)46(38,56)41(54)59-6/h9-13,15,20-21,26,28,37-39,47,55-56H,7-8,14,16-19,22-25H2,1-6H3/t28-,37?,38+,39+,42-,43+,44+,45-,46-/m0/s1. The highest BCUT2D eigenvalue weighted by Crippen LogP contribution is 2.68. The molecule has 3 aromatic rings. The third kappa shape index (κ3) is 5.19. The summed E-state index contributed by atoms with van der Waals surface area (Å²) in [7, 11) is 4.09. The number of fused-ring (bicyclic) bond motifs is 6. The molecule has 2 saturated heterocycles. The first kappa shape index (κ1) is 40.6. The average Bonchev–Trinajstić information content (AvgIpc) is 3.92. The van der Waals surface area contributed by atoms with E-state index in [0.29, 0.717) is 99.5 Å². The van der Waals surface area contributed by atoms with Crippen molar-refractivity contribution in [2.45, 2.75) is 99.5 Å². The Kier molecular flexibility index (Phi) is 9.58. The topological polar surface area (TPSA) is 171 Å². The summed E-state index contributed by atoms with van der Waals surface area (Å²) in [4.78, 5) is 66.1. The number of anilines is 1. The van der Waals surface area contributed by atoms with Gasteiger partial charge in [-0.15, -0.1) is 0 Å². The van der Waals surface area contributed by atoms with Crippen LogP contribution in [0.15, 0.2) is 48.6 Å². The number of esters is 3. The number of hydrogen-bond acceptors (Lipinski definition) is 12. The molecular weight excluding hydrogens is 769 g/mol. The minimum absolute atomic E-state index is 0.155. The van der Waals surface area contributed by atoms with Crippen molar-refractivity contribution in [3.05, 3.63) is 70.9 Å². The first-order chi connectivity index (χ1) is 28.8. The average molecular weight is 825 g/mol. The van der Waals surface area contributed by atoms with E-state index in [-0.39, 0.29) is 12.3 Å². The van der Waals surface area contributed by atoms with E-state index in [1.165, 1.54) is 33.2 Å². The molecule has 14 heteroatoms. The van der Waals surface area contributed by atoms with Crippen LogP contribution in [0.3, 0.4) is 0 Å². The van der Waals surface area contributed by atoms with Crippen LogP contribution in [0, 0.1) is 11.3 Å². The van der Waals surface area contributed by atoms with E-state index >= 15 is 4.79 Å². The summed E-state index contributed by atoms with van der Waals surface area (Å²) in [6.07, 6.45) is 5.83. The number of hydrogen-bond donors (Lipinski definition) is 3. The molecule has 1 aromatic heterocycles. The van der Waals surface area contributed by atoms with Gasteiger partial charge < -0.3 is 39.0 Å². The number of benzene rings is 2. The second-order valence-corrected chi connectivity index (χ2v) is 18.1. The van der Waals surface area contributed by atoms with Crippen molar-refractivity contribution in [2.24, 2.45) is 11.3 Å². The van der Waals surface area contributed by atoms with E-state index in [9.17, 15) is 24.6 Å². The molecule has 1 aliphatic carbocycles. The molecule has 6 aliphatic rings. The summed E-state index contributed by atoms with van der Waals surface area (Å²) in [5, 5.41) is 26.3. The highest BCUT2D eigenvalue weighted by atomic mass is 16.6. The fraction of sp³-hybridized carbons (Fsp3) is 0.565. The van der Waals surface area contributed by atoms with Crippen molar-refractivity contribution in [2.75, 3.05) is 59.0 Å². The van der Waals surface area contributed by atoms with Crippen LogP contribution < -0.4 is 9.64 Å². The van der Waals surface area contributed by atoms with Gasteiger partial charge in [-0.3, -0.25) is 24.2 Å². The van der Waals surface area contributed by atoms with Gasteiger partial charge in [0.15, 0.2) is 6.10 Å². The van der Waals surface area contributed by atoms with Crippen LogP contribution in [0.5, 0.6) is 5.75 Å². The molecule has 5 aliphatic heterocycles. The molecule has 10 atom stereocenters. The molecule has 2 unspecified atom stereocenters. The van der Waals surface area contributed by atoms with Crippen molar-refractivity contribution < 1.29 is 48.3 Å². The van der Waals surface area contributed by atoms with E-state index in [1.54, 1.807) is 6.07 Å². The lowest BCUT2D eigenvalue weighted by Gasteiger charge is -2.63. The van der Waals surface area contributed by atoms with Crippen molar-refractivity contribution in [1.82, 2.24) is 14.8 Å². The number of aromatic nitrogens is 1. The van der Waals surface area contributed by atoms with Crippen molar-refractivity contribution in [1.29, 1.82) is 0 Å². The third-order valence-corrected chi connectivity index (χ3v) is 15.5. The summed E-state index contributed by atoms with van der Waals surface area (Å²) in [5.74, 6) is -2.06. The number of ether oxygens (including phenoxy) is 4. The Morgan fingerprint density at radius 1 is 0.967 bits per heavy atom. The molecule has 1 amide bonds. The van der Waals surface area contributed by atoms with Crippen LogP contribution in [0.25, 0.3) is 10.9 Å². The Balaban J connectivity index is 1.38. The second kappa shape index (κ2) is 14.1. The summed E-state index contributed by atoms with van der Waals surface area (Å²) in [6, 6.07) is 9.97. The zero-order chi connectivity index (χ0) is 42.6. The minimum Gasteiger partial charge on any atom is -0.496 e. The number of nitrogens with zero attached hydrogens (tertiary/aromatic N) is 3. The number of carbonyl (C=O) groups excluding carboxylic acids is 4. The van der Waals surface area contributed by atoms with Gasteiger partial charge >= 0.3 is 17.9 Å². The number of para-hydroxylation sites is 1. The zero-order valence-corrected chi connectivity index (χ0v) is 35.3. The molecule has 3 N–H and O–H groups in total. The van der Waals surface area contributed by atoms with Crippen LogP contribution in [0.2, 0.25) is 0 Å². The number of carbonyl (C=O) groups is 4. The first-order valence-corrected chi connectivity index (χ1v) is 21.3. The maximum atomic E-state index is 15.3. The SMILES string of the molecule is CC[C@]1(O)C[C@@H]2CN(CCc3c([nH]c4ccccc34)[C@@](C(=O)OC)(c3cc4c(cc3OC)N(C=O)[C@H]3[C@@](O)(C(=O)OC)[C@H](OC(C)=O)[C@]5(CC)C=CCN6CC[C@]43C65)C2)C1. The number of aliphatic hydroxyl groups is 2. The molecule has 320 valence electrons. The molecule has 1 spiro atoms. The normalized spacial score (nSPS) is 36.5. The molecule has 60 heavy (non-hydrogen) atoms. The lowest BCUT2D eigenvalue weighted by Crippen LogP contribution is -2.81. The largest absolute Gasteiger partial charge is 0.496 e. The predicted octanol–water partition coefficient (Wildman–Crippen LogP) is 3.52. The first-order valence-electron chi connectivity index (χ1n) is 21.3. The van der Waals surface area contributed by atoms with Gasteiger partial charge in [0.1, 0.15) is 11.2 Å². The maximum Gasteiger partial charge on any atom is 0.344 e. The number of aromatic amines is 1. The molecule has 6 heterocycles. The van der Waals surface area contributed by atoms with Gasteiger partial charge in [-0.2, -0.15) is 0 Å². The number of methoxy groups -OCH3 is 3. The van der Waals surface area contributed by atoms with Gasteiger partial charge in [0, 0.05) is 78.2 Å². The van der Waals surface area contributed by atoms with Gasteiger partial charge in [-0.25, -0.2) is 4.79 Å². The predicted molar refractivity (Wildman–Crippen MR) is 221 cm³/mol. The van der Waals surface area contributed by atoms with Crippen LogP contribution in [0.4, 0.5) is 5.69 Å². The molecule has 1 saturated carbocycles. The Morgan fingerprint density at radius 2 is 1.73 bits per heavy atom. The number of nitrogens with one attached hydrogen (secondary N) is 1. The zero-order valence-electron chi connectivity index (χ0n) is 35.3. The lowest BCUT2D eigenvalue weighted by atomic mass is 9.47. The number of piperidine rings is 1. The highest BCUT2D eigenvalue weighted by molar-refractivity contribution is 5.96. The van der Waals surface area contributed by atoms with E-state index in [0.717, 1.165) is 16.5 Å². The third-order valence-electron chi connectivity index (χ3n) is 15.5. The van der Waals surface area contributed by atoms with Gasteiger partial charge in [-0.1, -0.05) is 44.2 Å². The fourth-order valence-electron chi connectivity index (χ4n) is 13.4. The molecule has 2 bridgehead atoms. The Bertz CT molecular complexity index is 2310. The van der Waals surface area contributed by atoms with Crippen LogP contribution >= 0.6 is 0 Å². The van der Waals surface area contributed by atoms with Gasteiger partial charge in [0.05, 0.1) is 38.7 Å². The van der Waals surface area contributed by atoms with Crippen LogP contribution in [-0.2, 0) is 50.6 Å².